The molecule has 0 aromatic carbocycles. The molecule has 1 heterocycles. The summed E-state index contributed by atoms with van der Waals surface area (Å²) in [4.78, 5) is 12.9. The van der Waals surface area contributed by atoms with Crippen LogP contribution in [-0.4, -0.2) is 4.98 Å². The van der Waals surface area contributed by atoms with E-state index in [1.165, 1.54) is 0 Å². The smallest absolute Gasteiger partial charge is 0.271 e. The molecule has 0 radical (unpaired) electrons. The molecule has 0 fully saturated rings. The van der Waals surface area contributed by atoms with E-state index in [-0.39, 0.29) is 11.4 Å². The lowest BCUT2D eigenvalue weighted by molar-refractivity contribution is 0.150. The highest BCUT2D eigenvalue weighted by Gasteiger charge is 2.16. The van der Waals surface area contributed by atoms with Gasteiger partial charge in [0, 0.05) is 5.69 Å². The highest BCUT2D eigenvalue weighted by molar-refractivity contribution is 5.49. The van der Waals surface area contributed by atoms with Crippen molar-refractivity contribution in [3.63, 3.8) is 0 Å². The van der Waals surface area contributed by atoms with Crippen LogP contribution in [-0.2, 0) is 0 Å². The minimum atomic E-state index is -2.93. The second kappa shape index (κ2) is 3.23. The van der Waals surface area contributed by atoms with Gasteiger partial charge in [-0.05, 0) is 6.07 Å². The van der Waals surface area contributed by atoms with E-state index in [1.807, 2.05) is 4.98 Å². The lowest BCUT2D eigenvalue weighted by Crippen LogP contribution is -2.16. The zero-order valence-electron chi connectivity index (χ0n) is 6.34. The third-order valence-electron chi connectivity index (χ3n) is 1.44. The van der Waals surface area contributed by atoms with Gasteiger partial charge in [0.15, 0.2) is 0 Å². The van der Waals surface area contributed by atoms with Crippen LogP contribution in [0.15, 0.2) is 10.9 Å². The molecule has 0 spiro atoms. The van der Waals surface area contributed by atoms with Gasteiger partial charge in [-0.15, -0.1) is 0 Å². The third kappa shape index (κ3) is 1.64. The predicted octanol–water partition coefficient (Wildman–Crippen LogP) is 0.766. The molecule has 0 bridgehead atoms. The molecule has 1 aromatic heterocycles. The van der Waals surface area contributed by atoms with Crippen LogP contribution in [0.1, 0.15) is 17.7 Å². The van der Waals surface area contributed by atoms with Gasteiger partial charge in [0.2, 0.25) is 0 Å². The number of hydrogen-bond donors (Lipinski definition) is 2. The number of nitriles is 1. The number of nitrogens with two attached hydrogens (primary N) is 1. The molecule has 0 aliphatic heterocycles. The van der Waals surface area contributed by atoms with Crippen LogP contribution in [0.25, 0.3) is 0 Å². The van der Waals surface area contributed by atoms with Gasteiger partial charge in [-0.3, -0.25) is 4.79 Å². The summed E-state index contributed by atoms with van der Waals surface area (Å²) in [6, 6.07) is 2.60. The van der Waals surface area contributed by atoms with E-state index >= 15 is 0 Å². The Kier molecular flexibility index (Phi) is 2.28. The van der Waals surface area contributed by atoms with E-state index in [4.69, 9.17) is 11.0 Å². The number of aromatic nitrogens is 1. The first-order valence-corrected chi connectivity index (χ1v) is 3.27. The average Bonchev–Trinajstić information content (AvgIpc) is 2.02. The Balaban J connectivity index is 3.43. The molecule has 1 rings (SSSR count). The number of pyridine rings is 1. The first kappa shape index (κ1) is 9.19. The molecule has 0 saturated heterocycles. The third-order valence-corrected chi connectivity index (χ3v) is 1.44. The van der Waals surface area contributed by atoms with Crippen molar-refractivity contribution in [3.05, 3.63) is 27.7 Å². The second-order valence-electron chi connectivity index (χ2n) is 2.29. The standard InChI is InChI=1S/C7H5F2N3O/c8-6(9)5-4(11)1-3(2-10)12-7(5)13/h1,6H,(H3,11,12,13). The molecule has 0 atom stereocenters. The summed E-state index contributed by atoms with van der Waals surface area (Å²) in [6.45, 7) is 0. The highest BCUT2D eigenvalue weighted by atomic mass is 19.3. The minimum Gasteiger partial charge on any atom is -0.398 e. The van der Waals surface area contributed by atoms with E-state index in [0.29, 0.717) is 0 Å². The monoisotopic (exact) mass is 185 g/mol. The Hall–Kier alpha value is -1.90. The summed E-state index contributed by atoms with van der Waals surface area (Å²) < 4.78 is 24.3. The fourth-order valence-corrected chi connectivity index (χ4v) is 0.875. The molecule has 13 heavy (non-hydrogen) atoms. The molecule has 0 unspecified atom stereocenters. The second-order valence-corrected chi connectivity index (χ2v) is 2.29. The maximum absolute atomic E-state index is 12.1. The Morgan fingerprint density at radius 3 is 2.62 bits per heavy atom. The number of nitrogens with one attached hydrogen (secondary N) is 1. The fraction of sp³-hybridized carbons (Fsp3) is 0.143. The molecule has 0 aliphatic rings. The Morgan fingerprint density at radius 2 is 2.23 bits per heavy atom. The SMILES string of the molecule is N#Cc1cc(N)c(C(F)F)c(=O)[nH]1. The van der Waals surface area contributed by atoms with Gasteiger partial charge in [0.1, 0.15) is 17.3 Å². The van der Waals surface area contributed by atoms with Crippen LogP contribution in [0.3, 0.4) is 0 Å². The van der Waals surface area contributed by atoms with Crippen molar-refractivity contribution in [2.24, 2.45) is 0 Å². The number of H-pyrrole nitrogens is 1. The van der Waals surface area contributed by atoms with E-state index in [2.05, 4.69) is 0 Å². The van der Waals surface area contributed by atoms with Gasteiger partial charge in [0.05, 0.1) is 0 Å². The van der Waals surface area contributed by atoms with E-state index in [0.717, 1.165) is 6.07 Å². The van der Waals surface area contributed by atoms with Crippen molar-refractivity contribution in [1.82, 2.24) is 4.98 Å². The van der Waals surface area contributed by atoms with Crippen molar-refractivity contribution in [2.75, 3.05) is 5.73 Å². The zero-order chi connectivity index (χ0) is 10.0. The lowest BCUT2D eigenvalue weighted by atomic mass is 10.2. The first-order valence-electron chi connectivity index (χ1n) is 3.27. The van der Waals surface area contributed by atoms with Crippen LogP contribution >= 0.6 is 0 Å². The fourth-order valence-electron chi connectivity index (χ4n) is 0.875. The summed E-state index contributed by atoms with van der Waals surface area (Å²) in [5.74, 6) is 0. The van der Waals surface area contributed by atoms with E-state index in [1.54, 1.807) is 6.07 Å². The van der Waals surface area contributed by atoms with Crippen LogP contribution < -0.4 is 11.3 Å². The summed E-state index contributed by atoms with van der Waals surface area (Å²) in [7, 11) is 0. The molecular weight excluding hydrogens is 180 g/mol. The average molecular weight is 185 g/mol. The van der Waals surface area contributed by atoms with Gasteiger partial charge in [-0.1, -0.05) is 0 Å². The van der Waals surface area contributed by atoms with Crippen molar-refractivity contribution in [3.8, 4) is 6.07 Å². The van der Waals surface area contributed by atoms with Crippen LogP contribution in [0, 0.1) is 11.3 Å². The molecule has 68 valence electrons. The maximum Gasteiger partial charge on any atom is 0.271 e. The summed E-state index contributed by atoms with van der Waals surface area (Å²) in [6.07, 6.45) is -2.93. The van der Waals surface area contributed by atoms with E-state index in [9.17, 15) is 13.6 Å². The number of nitrogen functional groups attached to an aromatic ring is 1. The lowest BCUT2D eigenvalue weighted by Gasteiger charge is -2.02. The number of halogens is 2. The highest BCUT2D eigenvalue weighted by Crippen LogP contribution is 2.20. The number of anilines is 1. The van der Waals surface area contributed by atoms with Crippen molar-refractivity contribution >= 4 is 5.69 Å². The molecule has 0 amide bonds. The quantitative estimate of drug-likeness (QED) is 0.677. The molecule has 6 heteroatoms. The maximum atomic E-state index is 12.1. The normalized spacial score (nSPS) is 10.0. The largest absolute Gasteiger partial charge is 0.398 e. The number of aromatic amines is 1. The number of rotatable bonds is 1. The molecule has 3 N–H and O–H groups in total. The number of nitrogens with zero attached hydrogens (tertiary/aromatic N) is 1. The van der Waals surface area contributed by atoms with Gasteiger partial charge in [0.25, 0.3) is 12.0 Å². The zero-order valence-corrected chi connectivity index (χ0v) is 6.34. The Labute approximate surface area is 71.6 Å². The van der Waals surface area contributed by atoms with Crippen molar-refractivity contribution in [1.29, 1.82) is 5.26 Å². The predicted molar refractivity (Wildman–Crippen MR) is 41.1 cm³/mol. The van der Waals surface area contributed by atoms with Gasteiger partial charge in [-0.25, -0.2) is 8.78 Å². The van der Waals surface area contributed by atoms with Gasteiger partial charge >= 0.3 is 0 Å². The molecule has 0 aliphatic carbocycles. The van der Waals surface area contributed by atoms with Crippen molar-refractivity contribution < 1.29 is 8.78 Å². The Morgan fingerprint density at radius 1 is 1.62 bits per heavy atom. The molecular formula is C7H5F2N3O. The van der Waals surface area contributed by atoms with Crippen LogP contribution in [0.4, 0.5) is 14.5 Å². The minimum absolute atomic E-state index is 0.132. The summed E-state index contributed by atoms with van der Waals surface area (Å²) in [5, 5.41) is 8.35. The van der Waals surface area contributed by atoms with E-state index < -0.39 is 17.5 Å². The molecule has 4 nitrogen and oxygen atoms in total. The van der Waals surface area contributed by atoms with Crippen LogP contribution in [0.2, 0.25) is 0 Å². The van der Waals surface area contributed by atoms with Gasteiger partial charge < -0.3 is 10.7 Å². The number of hydrogen-bond acceptors (Lipinski definition) is 3. The first-order chi connectivity index (χ1) is 6.06. The topological polar surface area (TPSA) is 82.7 Å². The summed E-state index contributed by atoms with van der Waals surface area (Å²) in [5.41, 5.74) is 2.84. The number of alkyl halides is 2. The molecule has 1 aromatic rings. The molecule has 0 saturated carbocycles. The van der Waals surface area contributed by atoms with Gasteiger partial charge in [-0.2, -0.15) is 5.26 Å². The van der Waals surface area contributed by atoms with Crippen LogP contribution in [0.5, 0.6) is 0 Å². The Bertz CT molecular complexity index is 419. The summed E-state index contributed by atoms with van der Waals surface area (Å²) >= 11 is 0. The van der Waals surface area contributed by atoms with Crippen molar-refractivity contribution in [2.45, 2.75) is 6.43 Å².